The fraction of sp³-hybridized carbons (Fsp3) is 0.273. The van der Waals surface area contributed by atoms with Crippen molar-refractivity contribution in [2.45, 2.75) is 19.8 Å². The molecule has 0 aliphatic heterocycles. The van der Waals surface area contributed by atoms with Gasteiger partial charge in [0.15, 0.2) is 0 Å². The summed E-state index contributed by atoms with van der Waals surface area (Å²) in [5.74, 6) is -4.03. The number of carbonyl (C=O) groups is 4. The van der Waals surface area contributed by atoms with Gasteiger partial charge in [0.05, 0.1) is 6.42 Å². The van der Waals surface area contributed by atoms with Gasteiger partial charge in [0.1, 0.15) is 5.57 Å². The molecule has 0 atom stereocenters. The monoisotopic (exact) mass is 272 g/mol. The fourth-order valence-electron chi connectivity index (χ4n) is 0.767. The lowest BCUT2D eigenvalue weighted by molar-refractivity contribution is -0.137. The zero-order valence-corrected chi connectivity index (χ0v) is 10.4. The first-order chi connectivity index (χ1) is 8.63. The number of nitrogens with two attached hydrogens (primary N) is 2. The minimum atomic E-state index is -1.27. The van der Waals surface area contributed by atoms with Crippen LogP contribution >= 0.6 is 0 Å². The molecule has 0 aromatic carbocycles. The van der Waals surface area contributed by atoms with Crippen LogP contribution in [-0.4, -0.2) is 34.0 Å². The molecule has 106 valence electrons. The Kier molecular flexibility index (Phi) is 9.26. The number of hydrogen-bond acceptors (Lipinski definition) is 4. The maximum Gasteiger partial charge on any atom is 0.340 e. The highest BCUT2D eigenvalue weighted by Gasteiger charge is 2.11. The summed E-state index contributed by atoms with van der Waals surface area (Å²) >= 11 is 0. The Labute approximate surface area is 109 Å². The first kappa shape index (κ1) is 18.7. The number of amides is 2. The molecule has 0 saturated heterocycles. The second kappa shape index (κ2) is 9.40. The van der Waals surface area contributed by atoms with Crippen LogP contribution in [0.15, 0.2) is 23.8 Å². The van der Waals surface area contributed by atoms with E-state index in [1.807, 2.05) is 0 Å². The summed E-state index contributed by atoms with van der Waals surface area (Å²) in [6.45, 7) is 4.87. The van der Waals surface area contributed by atoms with Crippen LogP contribution in [0.2, 0.25) is 0 Å². The van der Waals surface area contributed by atoms with Gasteiger partial charge in [-0.2, -0.15) is 0 Å². The van der Waals surface area contributed by atoms with Crippen LogP contribution in [0.4, 0.5) is 0 Å². The van der Waals surface area contributed by atoms with Gasteiger partial charge < -0.3 is 21.7 Å². The number of allylic oxidation sites excluding steroid dienone is 1. The van der Waals surface area contributed by atoms with Crippen molar-refractivity contribution in [3.8, 4) is 0 Å². The Morgan fingerprint density at radius 3 is 1.68 bits per heavy atom. The van der Waals surface area contributed by atoms with E-state index in [2.05, 4.69) is 12.3 Å². The van der Waals surface area contributed by atoms with Crippen molar-refractivity contribution in [3.63, 3.8) is 0 Å². The van der Waals surface area contributed by atoms with E-state index in [1.165, 1.54) is 6.08 Å². The third kappa shape index (κ3) is 10.2. The number of carbonyl (C=O) groups excluding carboxylic acids is 2. The molecule has 0 fully saturated rings. The van der Waals surface area contributed by atoms with Gasteiger partial charge in [0.25, 0.3) is 5.91 Å². The smallest absolute Gasteiger partial charge is 0.340 e. The van der Waals surface area contributed by atoms with Gasteiger partial charge in [-0.05, 0) is 6.42 Å². The van der Waals surface area contributed by atoms with Crippen molar-refractivity contribution in [2.24, 2.45) is 11.5 Å². The Morgan fingerprint density at radius 1 is 1.11 bits per heavy atom. The number of primary amides is 2. The molecule has 0 heterocycles. The third-order valence-corrected chi connectivity index (χ3v) is 1.62. The first-order valence-corrected chi connectivity index (χ1v) is 5.06. The number of carboxylic acids is 2. The van der Waals surface area contributed by atoms with E-state index in [4.69, 9.17) is 15.9 Å². The summed E-state index contributed by atoms with van der Waals surface area (Å²) in [6.07, 6.45) is 1.39. The second-order valence-corrected chi connectivity index (χ2v) is 3.23. The summed E-state index contributed by atoms with van der Waals surface area (Å²) in [5.41, 5.74) is 8.99. The first-order valence-electron chi connectivity index (χ1n) is 5.06. The molecule has 6 N–H and O–H groups in total. The lowest BCUT2D eigenvalue weighted by Gasteiger charge is -1.92. The molecule has 0 aliphatic rings. The van der Waals surface area contributed by atoms with Crippen molar-refractivity contribution in [3.05, 3.63) is 23.8 Å². The highest BCUT2D eigenvalue weighted by Crippen LogP contribution is 1.95. The quantitative estimate of drug-likeness (QED) is 0.286. The largest absolute Gasteiger partial charge is 0.481 e. The van der Waals surface area contributed by atoms with Gasteiger partial charge >= 0.3 is 11.9 Å². The molecule has 0 unspecified atom stereocenters. The molecule has 19 heavy (non-hydrogen) atoms. The van der Waals surface area contributed by atoms with Gasteiger partial charge in [-0.15, -0.1) is 0 Å². The zero-order chi connectivity index (χ0) is 15.6. The molecule has 0 bridgehead atoms. The molecule has 0 aromatic heterocycles. The number of aliphatic carboxylic acids is 2. The van der Waals surface area contributed by atoms with Crippen molar-refractivity contribution in [2.75, 3.05) is 0 Å². The highest BCUT2D eigenvalue weighted by atomic mass is 16.4. The Balaban J connectivity index is 0. The molecule has 8 nitrogen and oxygen atoms in total. The molecule has 0 saturated carbocycles. The molecule has 2 amide bonds. The normalized spacial score (nSPS) is 9.84. The van der Waals surface area contributed by atoms with Gasteiger partial charge in [-0.25, -0.2) is 4.79 Å². The summed E-state index contributed by atoms with van der Waals surface area (Å²) in [4.78, 5) is 40.4. The van der Waals surface area contributed by atoms with E-state index in [0.29, 0.717) is 6.42 Å². The fourth-order valence-corrected chi connectivity index (χ4v) is 0.767. The van der Waals surface area contributed by atoms with Crippen LogP contribution in [0.1, 0.15) is 19.8 Å². The summed E-state index contributed by atoms with van der Waals surface area (Å²) in [7, 11) is 0. The summed E-state index contributed by atoms with van der Waals surface area (Å²) < 4.78 is 0. The van der Waals surface area contributed by atoms with Crippen LogP contribution in [0.5, 0.6) is 0 Å². The predicted octanol–water partition coefficient (Wildman–Crippen LogP) is -0.605. The van der Waals surface area contributed by atoms with Crippen molar-refractivity contribution < 1.29 is 29.4 Å². The van der Waals surface area contributed by atoms with Crippen molar-refractivity contribution in [1.82, 2.24) is 0 Å². The zero-order valence-electron chi connectivity index (χ0n) is 10.4. The molecular formula is C11H16N2O6. The number of carboxylic acid groups (broad SMARTS) is 2. The Morgan fingerprint density at radius 2 is 1.58 bits per heavy atom. The van der Waals surface area contributed by atoms with E-state index in [-0.39, 0.29) is 17.6 Å². The van der Waals surface area contributed by atoms with Gasteiger partial charge in [0.2, 0.25) is 5.91 Å². The van der Waals surface area contributed by atoms with E-state index in [0.717, 1.165) is 0 Å². The molecule has 8 heteroatoms. The molecule has 0 spiro atoms. The SMILES string of the molecule is C=C(CC(=O)O)C(N)=O.CC/C=C(\C(N)=O)C(=O)O. The molecule has 0 radical (unpaired) electrons. The van der Waals surface area contributed by atoms with Crippen LogP contribution in [-0.2, 0) is 19.2 Å². The molecule has 0 aliphatic carbocycles. The van der Waals surface area contributed by atoms with Gasteiger partial charge in [-0.3, -0.25) is 14.4 Å². The van der Waals surface area contributed by atoms with E-state index in [9.17, 15) is 19.2 Å². The van der Waals surface area contributed by atoms with E-state index in [1.54, 1.807) is 6.92 Å². The van der Waals surface area contributed by atoms with Crippen molar-refractivity contribution in [1.29, 1.82) is 0 Å². The van der Waals surface area contributed by atoms with Gasteiger partial charge in [0, 0.05) is 5.57 Å². The topological polar surface area (TPSA) is 161 Å². The lowest BCUT2D eigenvalue weighted by atomic mass is 10.2. The predicted molar refractivity (Wildman–Crippen MR) is 65.8 cm³/mol. The summed E-state index contributed by atoms with van der Waals surface area (Å²) in [6, 6.07) is 0. The van der Waals surface area contributed by atoms with E-state index < -0.39 is 23.8 Å². The minimum absolute atomic E-state index is 0.0810. The molecule has 0 rings (SSSR count). The third-order valence-electron chi connectivity index (χ3n) is 1.62. The van der Waals surface area contributed by atoms with Crippen LogP contribution in [0.3, 0.4) is 0 Å². The van der Waals surface area contributed by atoms with Crippen LogP contribution in [0.25, 0.3) is 0 Å². The Bertz CT molecular complexity index is 409. The molecule has 0 aromatic rings. The highest BCUT2D eigenvalue weighted by molar-refractivity contribution is 6.14. The Hall–Kier alpha value is -2.64. The number of rotatable bonds is 6. The van der Waals surface area contributed by atoms with Gasteiger partial charge in [-0.1, -0.05) is 19.6 Å². The maximum absolute atomic E-state index is 10.3. The van der Waals surface area contributed by atoms with Crippen LogP contribution < -0.4 is 11.5 Å². The second-order valence-electron chi connectivity index (χ2n) is 3.23. The standard InChI is InChI=1S/C6H9NO3.C5H7NO3/c1-2-3-4(5(7)8)6(9)10;1-3(5(6)9)2-4(7)8/h3H,2H2,1H3,(H2,7,8)(H,9,10);1-2H2,(H2,6,9)(H,7,8)/b4-3+;. The van der Waals surface area contributed by atoms with Crippen molar-refractivity contribution >= 4 is 23.8 Å². The average Bonchev–Trinajstić information content (AvgIpc) is 2.24. The number of hydrogen-bond donors (Lipinski definition) is 4. The van der Waals surface area contributed by atoms with Crippen LogP contribution in [0, 0.1) is 0 Å². The lowest BCUT2D eigenvalue weighted by Crippen LogP contribution is -2.20. The molecular weight excluding hydrogens is 256 g/mol. The average molecular weight is 272 g/mol. The van der Waals surface area contributed by atoms with E-state index >= 15 is 0 Å². The summed E-state index contributed by atoms with van der Waals surface area (Å²) in [5, 5.41) is 16.4. The maximum atomic E-state index is 10.3. The minimum Gasteiger partial charge on any atom is -0.481 e.